The minimum absolute atomic E-state index is 0.344. The molecule has 2 aromatic rings. The van der Waals surface area contributed by atoms with Crippen LogP contribution in [0.15, 0.2) is 42.5 Å². The van der Waals surface area contributed by atoms with Crippen LogP contribution in [0.2, 0.25) is 6.32 Å². The van der Waals surface area contributed by atoms with Crippen molar-refractivity contribution in [3.63, 3.8) is 0 Å². The van der Waals surface area contributed by atoms with Crippen LogP contribution in [0.25, 0.3) is 0 Å². The second-order valence-corrected chi connectivity index (χ2v) is 4.36. The highest BCUT2D eigenvalue weighted by Gasteiger charge is 2.30. The van der Waals surface area contributed by atoms with Gasteiger partial charge in [-0.25, -0.2) is 0 Å². The predicted molar refractivity (Wildman–Crippen MR) is 72.9 cm³/mol. The number of para-hydroxylation sites is 1. The summed E-state index contributed by atoms with van der Waals surface area (Å²) in [5, 5.41) is 0. The maximum absolute atomic E-state index is 6.08. The Hall–Kier alpha value is -1.90. The molecule has 1 heterocycles. The maximum Gasteiger partial charge on any atom is 0.221 e. The molecule has 0 saturated carbocycles. The van der Waals surface area contributed by atoms with Gasteiger partial charge in [-0.3, -0.25) is 0 Å². The van der Waals surface area contributed by atoms with E-state index in [1.165, 1.54) is 5.46 Å². The molecule has 1 aliphatic rings. The molecule has 2 N–H and O–H groups in total. The van der Waals surface area contributed by atoms with Crippen molar-refractivity contribution in [1.82, 2.24) is 0 Å². The minimum atomic E-state index is 0.344. The second kappa shape index (κ2) is 3.84. The quantitative estimate of drug-likeness (QED) is 0.592. The molecule has 0 unspecified atom stereocenters. The molecule has 84 valence electrons. The van der Waals surface area contributed by atoms with Crippen LogP contribution in [-0.2, 0) is 0 Å². The van der Waals surface area contributed by atoms with Crippen LogP contribution in [0.4, 0.5) is 5.69 Å². The van der Waals surface area contributed by atoms with Crippen molar-refractivity contribution >= 4 is 23.3 Å². The van der Waals surface area contributed by atoms with E-state index in [9.17, 15) is 0 Å². The third-order valence-corrected chi connectivity index (χ3v) is 3.37. The van der Waals surface area contributed by atoms with Crippen molar-refractivity contribution in [3.8, 4) is 11.5 Å². The molecular formula is C14H14BNO. The first-order valence-corrected chi connectivity index (χ1v) is 5.96. The van der Waals surface area contributed by atoms with E-state index in [-0.39, 0.29) is 0 Å². The van der Waals surface area contributed by atoms with E-state index in [2.05, 4.69) is 19.1 Å². The summed E-state index contributed by atoms with van der Waals surface area (Å²) in [6.07, 6.45) is 1.03. The van der Waals surface area contributed by atoms with Gasteiger partial charge < -0.3 is 10.5 Å². The number of hydrogen-bond acceptors (Lipinski definition) is 2. The Bertz CT molecular complexity index is 568. The van der Waals surface area contributed by atoms with E-state index in [0.29, 0.717) is 6.71 Å². The van der Waals surface area contributed by atoms with Gasteiger partial charge in [-0.1, -0.05) is 37.5 Å². The van der Waals surface area contributed by atoms with E-state index in [1.54, 1.807) is 0 Å². The molecule has 3 heteroatoms. The average molecular weight is 223 g/mol. The van der Waals surface area contributed by atoms with Gasteiger partial charge in [-0.15, -0.1) is 0 Å². The third kappa shape index (κ3) is 1.50. The van der Waals surface area contributed by atoms with E-state index in [4.69, 9.17) is 10.5 Å². The standard InChI is InChI=1S/C14H14BNO/c1-2-15-10-6-3-4-8-12(10)17-13-9-5-7-11(16)14(13)15/h3-9H,2,16H2,1H3. The topological polar surface area (TPSA) is 35.2 Å². The summed E-state index contributed by atoms with van der Waals surface area (Å²) in [4.78, 5) is 0. The zero-order chi connectivity index (χ0) is 11.8. The molecule has 3 rings (SSSR count). The van der Waals surface area contributed by atoms with Crippen LogP contribution < -0.4 is 21.4 Å². The van der Waals surface area contributed by atoms with Crippen LogP contribution in [0.1, 0.15) is 6.92 Å². The van der Waals surface area contributed by atoms with E-state index in [0.717, 1.165) is 29.0 Å². The van der Waals surface area contributed by atoms with Gasteiger partial charge in [0.25, 0.3) is 0 Å². The van der Waals surface area contributed by atoms with Crippen LogP contribution in [0, 0.1) is 0 Å². The number of hydrogen-bond donors (Lipinski definition) is 1. The summed E-state index contributed by atoms with van der Waals surface area (Å²) in [6.45, 7) is 2.53. The first-order chi connectivity index (χ1) is 8.31. The molecule has 2 nitrogen and oxygen atoms in total. The Morgan fingerprint density at radius 2 is 1.82 bits per heavy atom. The molecule has 0 spiro atoms. The molecule has 0 aliphatic carbocycles. The molecule has 0 saturated heterocycles. The van der Waals surface area contributed by atoms with Gasteiger partial charge in [0.05, 0.1) is 0 Å². The fraction of sp³-hybridized carbons (Fsp3) is 0.143. The van der Waals surface area contributed by atoms with Gasteiger partial charge in [-0.05, 0) is 29.1 Å². The smallest absolute Gasteiger partial charge is 0.221 e. The number of rotatable bonds is 1. The normalized spacial score (nSPS) is 12.6. The molecule has 0 bridgehead atoms. The first kappa shape index (κ1) is 10.3. The van der Waals surface area contributed by atoms with Gasteiger partial charge in [0.15, 0.2) is 0 Å². The number of ether oxygens (including phenoxy) is 1. The number of benzene rings is 2. The van der Waals surface area contributed by atoms with Crippen molar-refractivity contribution in [2.45, 2.75) is 13.2 Å². The van der Waals surface area contributed by atoms with Crippen LogP contribution in [0.3, 0.4) is 0 Å². The fourth-order valence-corrected chi connectivity index (χ4v) is 2.58. The lowest BCUT2D eigenvalue weighted by molar-refractivity contribution is 0.487. The first-order valence-electron chi connectivity index (χ1n) is 5.96. The minimum Gasteiger partial charge on any atom is -0.458 e. The Morgan fingerprint density at radius 1 is 1.06 bits per heavy atom. The molecular weight excluding hydrogens is 209 g/mol. The third-order valence-electron chi connectivity index (χ3n) is 3.37. The Labute approximate surface area is 101 Å². The lowest BCUT2D eigenvalue weighted by Gasteiger charge is -2.26. The lowest BCUT2D eigenvalue weighted by Crippen LogP contribution is -2.46. The lowest BCUT2D eigenvalue weighted by atomic mass is 9.37. The van der Waals surface area contributed by atoms with Gasteiger partial charge in [-0.2, -0.15) is 0 Å². The number of anilines is 1. The summed E-state index contributed by atoms with van der Waals surface area (Å²) >= 11 is 0. The second-order valence-electron chi connectivity index (χ2n) is 4.36. The molecule has 1 aliphatic heterocycles. The Balaban J connectivity index is 2.23. The van der Waals surface area contributed by atoms with Crippen molar-refractivity contribution in [2.24, 2.45) is 0 Å². The fourth-order valence-electron chi connectivity index (χ4n) is 2.58. The molecule has 0 aromatic heterocycles. The summed E-state index contributed by atoms with van der Waals surface area (Å²) in [5.74, 6) is 1.85. The number of fused-ring (bicyclic) bond motifs is 2. The van der Waals surface area contributed by atoms with Crippen LogP contribution in [-0.4, -0.2) is 6.71 Å². The Morgan fingerprint density at radius 3 is 2.65 bits per heavy atom. The van der Waals surface area contributed by atoms with E-state index < -0.39 is 0 Å². The predicted octanol–water partition coefficient (Wildman–Crippen LogP) is 2.00. The average Bonchev–Trinajstić information content (AvgIpc) is 2.36. The molecule has 2 aromatic carbocycles. The van der Waals surface area contributed by atoms with Gasteiger partial charge in [0.2, 0.25) is 6.71 Å². The molecule has 0 fully saturated rings. The summed E-state index contributed by atoms with van der Waals surface area (Å²) in [7, 11) is 0. The van der Waals surface area contributed by atoms with E-state index >= 15 is 0 Å². The summed E-state index contributed by atoms with van der Waals surface area (Å²) in [5.41, 5.74) is 9.28. The summed E-state index contributed by atoms with van der Waals surface area (Å²) in [6, 6.07) is 14.1. The number of nitrogens with two attached hydrogens (primary N) is 1. The Kier molecular flexibility index (Phi) is 2.32. The van der Waals surface area contributed by atoms with Gasteiger partial charge in [0, 0.05) is 5.69 Å². The maximum atomic E-state index is 6.08. The van der Waals surface area contributed by atoms with Crippen molar-refractivity contribution in [1.29, 1.82) is 0 Å². The molecule has 0 atom stereocenters. The highest BCUT2D eigenvalue weighted by Crippen LogP contribution is 2.26. The largest absolute Gasteiger partial charge is 0.458 e. The zero-order valence-corrected chi connectivity index (χ0v) is 9.81. The van der Waals surface area contributed by atoms with Crippen LogP contribution in [0.5, 0.6) is 11.5 Å². The molecule has 17 heavy (non-hydrogen) atoms. The molecule has 0 radical (unpaired) electrons. The van der Waals surface area contributed by atoms with Crippen LogP contribution >= 0.6 is 0 Å². The highest BCUT2D eigenvalue weighted by atomic mass is 16.5. The van der Waals surface area contributed by atoms with Crippen molar-refractivity contribution < 1.29 is 4.74 Å². The monoisotopic (exact) mass is 223 g/mol. The van der Waals surface area contributed by atoms with Gasteiger partial charge in [0.1, 0.15) is 11.5 Å². The highest BCUT2D eigenvalue weighted by molar-refractivity contribution is 6.87. The molecule has 0 amide bonds. The van der Waals surface area contributed by atoms with Crippen molar-refractivity contribution in [2.75, 3.05) is 5.73 Å². The number of nitrogen functional groups attached to an aromatic ring is 1. The van der Waals surface area contributed by atoms with E-state index in [1.807, 2.05) is 30.3 Å². The SMILES string of the molecule is CCB1c2ccccc2Oc2cccc(N)c21. The van der Waals surface area contributed by atoms with Crippen molar-refractivity contribution in [3.05, 3.63) is 42.5 Å². The zero-order valence-electron chi connectivity index (χ0n) is 9.81. The van der Waals surface area contributed by atoms with Gasteiger partial charge >= 0.3 is 0 Å². The summed E-state index contributed by atoms with van der Waals surface area (Å²) < 4.78 is 5.91.